The fraction of sp³-hybridized carbons (Fsp3) is 0.278. The van der Waals surface area contributed by atoms with Crippen molar-refractivity contribution in [3.63, 3.8) is 0 Å². The van der Waals surface area contributed by atoms with Gasteiger partial charge >= 0.3 is 0 Å². The Morgan fingerprint density at radius 1 is 1.15 bits per heavy atom. The topological polar surface area (TPSA) is 90.7 Å². The normalized spacial score (nSPS) is 12.5. The van der Waals surface area contributed by atoms with Crippen molar-refractivity contribution in [2.24, 2.45) is 0 Å². The molecule has 1 aliphatic heterocycles. The lowest BCUT2D eigenvalue weighted by Gasteiger charge is -2.18. The largest absolute Gasteiger partial charge is 0.486 e. The zero-order valence-corrected chi connectivity index (χ0v) is 14.8. The number of nitro benzene ring substituents is 1. The van der Waals surface area contributed by atoms with Crippen molar-refractivity contribution in [2.75, 3.05) is 25.5 Å². The van der Waals surface area contributed by atoms with Crippen LogP contribution in [0.2, 0.25) is 0 Å². The Bertz CT molecular complexity index is 798. The molecule has 0 saturated heterocycles. The van der Waals surface area contributed by atoms with E-state index in [-0.39, 0.29) is 17.0 Å². The summed E-state index contributed by atoms with van der Waals surface area (Å²) >= 11 is 1.68. The standard InChI is InChI=1S/C18H18N2O5S/c21-18(19-6-9-26-12-13-4-2-1-3-5-13)14-10-16-17(25-8-7-24-16)11-15(14)20(22)23/h1-5,10-11H,6-9,12H2,(H,19,21). The quantitative estimate of drug-likeness (QED) is 0.455. The van der Waals surface area contributed by atoms with Crippen molar-refractivity contribution in [3.8, 4) is 11.5 Å². The van der Waals surface area contributed by atoms with Gasteiger partial charge in [-0.3, -0.25) is 14.9 Å². The van der Waals surface area contributed by atoms with Gasteiger partial charge in [0.15, 0.2) is 11.5 Å². The van der Waals surface area contributed by atoms with Crippen LogP contribution < -0.4 is 14.8 Å². The lowest BCUT2D eigenvalue weighted by Crippen LogP contribution is -2.27. The Kier molecular flexibility index (Phi) is 5.96. The maximum atomic E-state index is 12.4. The van der Waals surface area contributed by atoms with Crippen molar-refractivity contribution < 1.29 is 19.2 Å². The molecule has 8 heteroatoms. The van der Waals surface area contributed by atoms with E-state index < -0.39 is 10.8 Å². The number of nitrogens with zero attached hydrogens (tertiary/aromatic N) is 1. The molecule has 0 unspecified atom stereocenters. The zero-order chi connectivity index (χ0) is 18.4. The Morgan fingerprint density at radius 2 is 1.85 bits per heavy atom. The molecule has 0 bridgehead atoms. The first-order valence-electron chi connectivity index (χ1n) is 8.13. The van der Waals surface area contributed by atoms with Crippen LogP contribution in [0, 0.1) is 10.1 Å². The molecule has 0 atom stereocenters. The Balaban J connectivity index is 1.57. The summed E-state index contributed by atoms with van der Waals surface area (Å²) in [4.78, 5) is 23.1. The van der Waals surface area contributed by atoms with E-state index in [0.717, 1.165) is 5.75 Å². The van der Waals surface area contributed by atoms with Crippen molar-refractivity contribution in [2.45, 2.75) is 5.75 Å². The Hall–Kier alpha value is -2.74. The maximum absolute atomic E-state index is 12.4. The van der Waals surface area contributed by atoms with Crippen LogP contribution in [-0.4, -0.2) is 36.3 Å². The van der Waals surface area contributed by atoms with E-state index >= 15 is 0 Å². The van der Waals surface area contributed by atoms with Gasteiger partial charge in [0.25, 0.3) is 11.6 Å². The molecule has 1 N–H and O–H groups in total. The summed E-state index contributed by atoms with van der Waals surface area (Å²) in [6, 6.07) is 12.6. The molecule has 1 amide bonds. The first kappa shape index (κ1) is 18.1. The number of nitrogens with one attached hydrogen (secondary N) is 1. The summed E-state index contributed by atoms with van der Waals surface area (Å²) in [7, 11) is 0. The van der Waals surface area contributed by atoms with Gasteiger partial charge in [0.1, 0.15) is 18.8 Å². The predicted octanol–water partition coefficient (Wildman–Crippen LogP) is 3.03. The highest BCUT2D eigenvalue weighted by molar-refractivity contribution is 7.98. The van der Waals surface area contributed by atoms with Crippen molar-refractivity contribution in [1.82, 2.24) is 5.32 Å². The van der Waals surface area contributed by atoms with Crippen LogP contribution in [-0.2, 0) is 5.75 Å². The third-order valence-electron chi connectivity index (χ3n) is 3.75. The first-order chi connectivity index (χ1) is 12.6. The maximum Gasteiger partial charge on any atom is 0.286 e. The number of hydrogen-bond donors (Lipinski definition) is 1. The van der Waals surface area contributed by atoms with Crippen LogP contribution in [0.1, 0.15) is 15.9 Å². The summed E-state index contributed by atoms with van der Waals surface area (Å²) in [6.45, 7) is 1.10. The monoisotopic (exact) mass is 374 g/mol. The van der Waals surface area contributed by atoms with Gasteiger partial charge in [0.05, 0.1) is 11.0 Å². The average Bonchev–Trinajstić information content (AvgIpc) is 2.67. The predicted molar refractivity (Wildman–Crippen MR) is 99.0 cm³/mol. The van der Waals surface area contributed by atoms with E-state index in [2.05, 4.69) is 5.32 Å². The Labute approximate surface area is 154 Å². The summed E-state index contributed by atoms with van der Waals surface area (Å²) in [5.41, 5.74) is 0.905. The number of carbonyl (C=O) groups is 1. The van der Waals surface area contributed by atoms with Gasteiger partial charge in [0, 0.05) is 24.1 Å². The molecule has 1 heterocycles. The van der Waals surface area contributed by atoms with E-state index in [1.807, 2.05) is 30.3 Å². The Morgan fingerprint density at radius 3 is 2.54 bits per heavy atom. The SMILES string of the molecule is O=C(NCCSCc1ccccc1)c1cc2c(cc1[N+](=O)[O-])OCCO2. The molecule has 0 saturated carbocycles. The molecule has 0 aliphatic carbocycles. The number of nitro groups is 1. The fourth-order valence-electron chi connectivity index (χ4n) is 2.51. The fourth-order valence-corrected chi connectivity index (χ4v) is 3.33. The van der Waals surface area contributed by atoms with Gasteiger partial charge in [-0.25, -0.2) is 0 Å². The van der Waals surface area contributed by atoms with Gasteiger partial charge < -0.3 is 14.8 Å². The van der Waals surface area contributed by atoms with Gasteiger partial charge in [0.2, 0.25) is 0 Å². The van der Waals surface area contributed by atoms with E-state index in [9.17, 15) is 14.9 Å². The molecular weight excluding hydrogens is 356 g/mol. The van der Waals surface area contributed by atoms with Crippen LogP contribution in [0.3, 0.4) is 0 Å². The first-order valence-corrected chi connectivity index (χ1v) is 9.28. The number of thioether (sulfide) groups is 1. The lowest BCUT2D eigenvalue weighted by atomic mass is 10.1. The highest BCUT2D eigenvalue weighted by Gasteiger charge is 2.26. The number of benzene rings is 2. The van der Waals surface area contributed by atoms with Crippen molar-refractivity contribution >= 4 is 23.4 Å². The molecule has 2 aromatic rings. The molecule has 136 valence electrons. The second-order valence-electron chi connectivity index (χ2n) is 5.56. The highest BCUT2D eigenvalue weighted by atomic mass is 32.2. The number of amides is 1. The number of hydrogen-bond acceptors (Lipinski definition) is 6. The van der Waals surface area contributed by atoms with Crippen LogP contribution in [0.5, 0.6) is 11.5 Å². The summed E-state index contributed by atoms with van der Waals surface area (Å²) in [5.74, 6) is 1.71. The van der Waals surface area contributed by atoms with Crippen molar-refractivity contribution in [1.29, 1.82) is 0 Å². The van der Waals surface area contributed by atoms with E-state index in [1.165, 1.54) is 17.7 Å². The molecule has 1 aliphatic rings. The number of fused-ring (bicyclic) bond motifs is 1. The molecule has 7 nitrogen and oxygen atoms in total. The van der Waals surface area contributed by atoms with Gasteiger partial charge in [-0.1, -0.05) is 30.3 Å². The summed E-state index contributed by atoms with van der Waals surface area (Å²) in [6.07, 6.45) is 0. The molecule has 0 aromatic heterocycles. The van der Waals surface area contributed by atoms with Crippen LogP contribution >= 0.6 is 11.8 Å². The number of carbonyl (C=O) groups excluding carboxylic acids is 1. The smallest absolute Gasteiger partial charge is 0.286 e. The van der Waals surface area contributed by atoms with Gasteiger partial charge in [-0.15, -0.1) is 0 Å². The van der Waals surface area contributed by atoms with Gasteiger partial charge in [-0.2, -0.15) is 11.8 Å². The molecule has 0 radical (unpaired) electrons. The molecule has 2 aromatic carbocycles. The van der Waals surface area contributed by atoms with Gasteiger partial charge in [-0.05, 0) is 5.56 Å². The van der Waals surface area contributed by atoms with Crippen LogP contribution in [0.4, 0.5) is 5.69 Å². The molecule has 0 fully saturated rings. The van der Waals surface area contributed by atoms with Crippen molar-refractivity contribution in [3.05, 3.63) is 63.7 Å². The second kappa shape index (κ2) is 8.57. The third kappa shape index (κ3) is 4.45. The minimum Gasteiger partial charge on any atom is -0.486 e. The zero-order valence-electron chi connectivity index (χ0n) is 14.0. The summed E-state index contributed by atoms with van der Waals surface area (Å²) < 4.78 is 10.7. The molecular formula is C18H18N2O5S. The second-order valence-corrected chi connectivity index (χ2v) is 6.67. The molecule has 26 heavy (non-hydrogen) atoms. The number of ether oxygens (including phenoxy) is 2. The minimum atomic E-state index is -0.586. The van der Waals surface area contributed by atoms with E-state index in [1.54, 1.807) is 11.8 Å². The average molecular weight is 374 g/mol. The van der Waals surface area contributed by atoms with Crippen LogP contribution in [0.15, 0.2) is 42.5 Å². The van der Waals surface area contributed by atoms with E-state index in [4.69, 9.17) is 9.47 Å². The minimum absolute atomic E-state index is 0.0210. The molecule has 3 rings (SSSR count). The highest BCUT2D eigenvalue weighted by Crippen LogP contribution is 2.36. The van der Waals surface area contributed by atoms with E-state index in [0.29, 0.717) is 31.3 Å². The molecule has 0 spiro atoms. The van der Waals surface area contributed by atoms with Crippen LogP contribution in [0.25, 0.3) is 0 Å². The lowest BCUT2D eigenvalue weighted by molar-refractivity contribution is -0.385. The number of rotatable bonds is 7. The summed E-state index contributed by atoms with van der Waals surface area (Å²) in [5, 5.41) is 14.0. The third-order valence-corrected chi connectivity index (χ3v) is 4.78.